The number of para-hydroxylation sites is 1. The molecule has 0 aliphatic heterocycles. The molecule has 5 aromatic rings. The molecule has 0 bridgehead atoms. The van der Waals surface area contributed by atoms with E-state index in [9.17, 15) is 0 Å². The minimum Gasteiger partial charge on any atom is -0.342 e. The Kier molecular flexibility index (Phi) is 3.39. The average molecular weight is 359 g/mol. The number of nitrogens with zero attached hydrogens (tertiary/aromatic N) is 4. The van der Waals surface area contributed by atoms with Crippen LogP contribution < -0.4 is 0 Å². The van der Waals surface area contributed by atoms with Crippen LogP contribution in [0.25, 0.3) is 43.8 Å². The molecule has 0 radical (unpaired) electrons. The molecule has 3 aromatic heterocycles. The molecule has 6 nitrogen and oxygen atoms in total. The summed E-state index contributed by atoms with van der Waals surface area (Å²) in [7, 11) is 0. The van der Waals surface area contributed by atoms with E-state index in [1.54, 1.807) is 6.20 Å². The summed E-state index contributed by atoms with van der Waals surface area (Å²) >= 11 is 1.53. The maximum atomic E-state index is 5.48. The molecule has 0 atom stereocenters. The topological polar surface area (TPSA) is 80.5 Å². The average Bonchev–Trinajstić information content (AvgIpc) is 3.40. The molecule has 1 N–H and O–H groups in total. The smallest absolute Gasteiger partial charge is 0.269 e. The molecular formula is C19H13N5OS. The maximum absolute atomic E-state index is 5.48. The fourth-order valence-corrected chi connectivity index (χ4v) is 3.70. The number of fused-ring (bicyclic) bond motifs is 1. The Morgan fingerprint density at radius 3 is 2.77 bits per heavy atom. The van der Waals surface area contributed by atoms with Crippen molar-refractivity contribution in [3.8, 4) is 32.7 Å². The van der Waals surface area contributed by atoms with Gasteiger partial charge in [0.2, 0.25) is 5.82 Å². The number of imidazole rings is 1. The summed E-state index contributed by atoms with van der Waals surface area (Å²) in [5.41, 5.74) is 3.71. The molecular weight excluding hydrogens is 346 g/mol. The summed E-state index contributed by atoms with van der Waals surface area (Å²) in [4.78, 5) is 17.6. The lowest BCUT2D eigenvalue weighted by molar-refractivity contribution is 0.433. The van der Waals surface area contributed by atoms with Crippen molar-refractivity contribution in [1.82, 2.24) is 25.1 Å². The second kappa shape index (κ2) is 5.89. The van der Waals surface area contributed by atoms with Crippen molar-refractivity contribution in [2.24, 2.45) is 0 Å². The zero-order valence-corrected chi connectivity index (χ0v) is 14.6. The van der Waals surface area contributed by atoms with Crippen LogP contribution in [-0.4, -0.2) is 25.1 Å². The number of rotatable bonds is 3. The van der Waals surface area contributed by atoms with Crippen molar-refractivity contribution in [1.29, 1.82) is 0 Å². The molecule has 0 spiro atoms. The highest BCUT2D eigenvalue weighted by Gasteiger charge is 2.17. The van der Waals surface area contributed by atoms with Crippen LogP contribution >= 0.6 is 11.3 Å². The monoisotopic (exact) mass is 359 g/mol. The van der Waals surface area contributed by atoms with Crippen LogP contribution in [0.15, 0.2) is 59.3 Å². The SMILES string of the molecule is Cc1nc2c(-c3noc(-c4cnc(-c5ccccc5)s4)n3)cccc2[nH]1. The van der Waals surface area contributed by atoms with Crippen LogP contribution in [0.4, 0.5) is 0 Å². The van der Waals surface area contributed by atoms with Gasteiger partial charge in [-0.25, -0.2) is 9.97 Å². The number of aromatic nitrogens is 5. The van der Waals surface area contributed by atoms with Crippen molar-refractivity contribution in [2.75, 3.05) is 0 Å². The molecule has 2 aromatic carbocycles. The fraction of sp³-hybridized carbons (Fsp3) is 0.0526. The Morgan fingerprint density at radius 2 is 1.88 bits per heavy atom. The highest BCUT2D eigenvalue weighted by Crippen LogP contribution is 2.33. The molecule has 0 aliphatic carbocycles. The number of hydrogen-bond donors (Lipinski definition) is 1. The zero-order valence-electron chi connectivity index (χ0n) is 13.8. The first kappa shape index (κ1) is 15.0. The van der Waals surface area contributed by atoms with Gasteiger partial charge in [-0.05, 0) is 19.1 Å². The molecule has 0 amide bonds. The molecule has 5 rings (SSSR count). The molecule has 7 heteroatoms. The third-order valence-electron chi connectivity index (χ3n) is 4.04. The number of benzene rings is 2. The van der Waals surface area contributed by atoms with Crippen LogP contribution in [0.2, 0.25) is 0 Å². The Hall–Kier alpha value is -3.32. The minimum atomic E-state index is 0.462. The fourth-order valence-electron chi connectivity index (χ4n) is 2.86. The van der Waals surface area contributed by atoms with E-state index in [1.807, 2.05) is 55.5 Å². The largest absolute Gasteiger partial charge is 0.342 e. The van der Waals surface area contributed by atoms with Crippen molar-refractivity contribution < 1.29 is 4.52 Å². The van der Waals surface area contributed by atoms with Gasteiger partial charge in [-0.3, -0.25) is 0 Å². The first-order valence-corrected chi connectivity index (χ1v) is 8.90. The number of nitrogens with one attached hydrogen (secondary N) is 1. The minimum absolute atomic E-state index is 0.462. The van der Waals surface area contributed by atoms with Gasteiger partial charge in [0.05, 0.1) is 22.8 Å². The summed E-state index contributed by atoms with van der Waals surface area (Å²) in [6, 6.07) is 15.9. The van der Waals surface area contributed by atoms with Gasteiger partial charge in [0.15, 0.2) is 0 Å². The van der Waals surface area contributed by atoms with Crippen molar-refractivity contribution >= 4 is 22.4 Å². The number of hydrogen-bond acceptors (Lipinski definition) is 6. The summed E-state index contributed by atoms with van der Waals surface area (Å²) < 4.78 is 5.48. The zero-order chi connectivity index (χ0) is 17.5. The lowest BCUT2D eigenvalue weighted by Gasteiger charge is -1.94. The summed E-state index contributed by atoms with van der Waals surface area (Å²) in [6.07, 6.45) is 1.77. The van der Waals surface area contributed by atoms with Gasteiger partial charge < -0.3 is 9.51 Å². The summed E-state index contributed by atoms with van der Waals surface area (Å²) in [5.74, 6) is 1.84. The van der Waals surface area contributed by atoms with Gasteiger partial charge in [-0.1, -0.05) is 41.6 Å². The highest BCUT2D eigenvalue weighted by molar-refractivity contribution is 7.18. The Balaban J connectivity index is 1.53. The summed E-state index contributed by atoms with van der Waals surface area (Å²) in [6.45, 7) is 1.92. The molecule has 26 heavy (non-hydrogen) atoms. The molecule has 0 unspecified atom stereocenters. The summed E-state index contributed by atoms with van der Waals surface area (Å²) in [5, 5.41) is 5.06. The maximum Gasteiger partial charge on any atom is 0.269 e. The van der Waals surface area contributed by atoms with Gasteiger partial charge in [-0.15, -0.1) is 11.3 Å². The lowest BCUT2D eigenvalue weighted by atomic mass is 10.2. The van der Waals surface area contributed by atoms with E-state index in [-0.39, 0.29) is 0 Å². The van der Waals surface area contributed by atoms with Gasteiger partial charge in [-0.2, -0.15) is 4.98 Å². The van der Waals surface area contributed by atoms with E-state index < -0.39 is 0 Å². The number of aryl methyl sites for hydroxylation is 1. The molecule has 3 heterocycles. The predicted molar refractivity (Wildman–Crippen MR) is 101 cm³/mol. The third-order valence-corrected chi connectivity index (χ3v) is 5.07. The van der Waals surface area contributed by atoms with Gasteiger partial charge >= 0.3 is 0 Å². The molecule has 0 fully saturated rings. The van der Waals surface area contributed by atoms with E-state index >= 15 is 0 Å². The van der Waals surface area contributed by atoms with Gasteiger partial charge in [0.25, 0.3) is 5.89 Å². The van der Waals surface area contributed by atoms with Crippen molar-refractivity contribution in [3.63, 3.8) is 0 Å². The number of H-pyrrole nitrogens is 1. The van der Waals surface area contributed by atoms with Crippen LogP contribution in [0.1, 0.15) is 5.82 Å². The number of aromatic amines is 1. The predicted octanol–water partition coefficient (Wildman–Crippen LogP) is 4.71. The first-order chi connectivity index (χ1) is 12.8. The van der Waals surface area contributed by atoms with Crippen LogP contribution in [-0.2, 0) is 0 Å². The standard InChI is InChI=1S/C19H13N5OS/c1-11-21-14-9-5-8-13(16(14)22-11)17-23-18(25-24-17)15-10-20-19(26-15)12-6-3-2-4-7-12/h2-10H,1H3,(H,21,22). The normalized spacial score (nSPS) is 11.3. The van der Waals surface area contributed by atoms with E-state index in [1.165, 1.54) is 11.3 Å². The first-order valence-electron chi connectivity index (χ1n) is 8.09. The lowest BCUT2D eigenvalue weighted by Crippen LogP contribution is -1.83. The Bertz CT molecular complexity index is 1210. The van der Waals surface area contributed by atoms with Crippen LogP contribution in [0.5, 0.6) is 0 Å². The Morgan fingerprint density at radius 1 is 1.00 bits per heavy atom. The highest BCUT2D eigenvalue weighted by atomic mass is 32.1. The molecule has 0 saturated heterocycles. The van der Waals surface area contributed by atoms with E-state index in [0.29, 0.717) is 11.7 Å². The van der Waals surface area contributed by atoms with Crippen LogP contribution in [0.3, 0.4) is 0 Å². The molecule has 0 aliphatic rings. The second-order valence-electron chi connectivity index (χ2n) is 5.84. The quantitative estimate of drug-likeness (QED) is 0.504. The van der Waals surface area contributed by atoms with Crippen LogP contribution in [0, 0.1) is 6.92 Å². The number of thiazole rings is 1. The Labute approximate surface area is 152 Å². The van der Waals surface area contributed by atoms with Gasteiger partial charge in [0.1, 0.15) is 15.7 Å². The van der Waals surface area contributed by atoms with Gasteiger partial charge in [0, 0.05) is 5.56 Å². The van der Waals surface area contributed by atoms with Crippen molar-refractivity contribution in [2.45, 2.75) is 6.92 Å². The molecule has 126 valence electrons. The third kappa shape index (κ3) is 2.49. The van der Waals surface area contributed by atoms with Crippen molar-refractivity contribution in [3.05, 3.63) is 60.6 Å². The second-order valence-corrected chi connectivity index (χ2v) is 6.87. The van der Waals surface area contributed by atoms with E-state index in [0.717, 1.165) is 37.9 Å². The molecule has 0 saturated carbocycles. The van der Waals surface area contributed by atoms with E-state index in [4.69, 9.17) is 4.52 Å². The van der Waals surface area contributed by atoms with E-state index in [2.05, 4.69) is 25.1 Å².